The van der Waals surface area contributed by atoms with Crippen LogP contribution < -0.4 is 5.32 Å². The predicted octanol–water partition coefficient (Wildman–Crippen LogP) is 1.45. The fourth-order valence-corrected chi connectivity index (χ4v) is 5.39. The fraction of sp³-hybridized carbons (Fsp3) is 0.886. The summed E-state index contributed by atoms with van der Waals surface area (Å²) in [5.74, 6) is 0.202. The zero-order chi connectivity index (χ0) is 36.3. The maximum absolute atomic E-state index is 12.4. The van der Waals surface area contributed by atoms with Crippen LogP contribution in [-0.2, 0) is 57.1 Å². The number of ether oxygens (including phenoxy) is 8. The van der Waals surface area contributed by atoms with Crippen molar-refractivity contribution in [2.75, 3.05) is 132 Å². The molecule has 2 aliphatic heterocycles. The van der Waals surface area contributed by atoms with Gasteiger partial charge in [-0.1, -0.05) is 20.8 Å². The van der Waals surface area contributed by atoms with Gasteiger partial charge in [0.05, 0.1) is 112 Å². The molecular weight excluding hydrogens is 654 g/mol. The van der Waals surface area contributed by atoms with Crippen molar-refractivity contribution in [1.29, 1.82) is 0 Å². The monoisotopic (exact) mass is 717 g/mol. The smallest absolute Gasteiger partial charge is 0.229 e. The summed E-state index contributed by atoms with van der Waals surface area (Å²) in [7, 11) is 0. The van der Waals surface area contributed by atoms with Gasteiger partial charge in [-0.15, -0.1) is 0 Å². The van der Waals surface area contributed by atoms with Crippen LogP contribution in [0.15, 0.2) is 0 Å². The average Bonchev–Trinajstić information content (AvgIpc) is 3.42. The average molecular weight is 718 g/mol. The number of imide groups is 1. The lowest BCUT2D eigenvalue weighted by Crippen LogP contribution is -2.41. The number of hydrogen-bond acceptors (Lipinski definition) is 12. The highest BCUT2D eigenvalue weighted by molar-refractivity contribution is 6.02. The van der Waals surface area contributed by atoms with Gasteiger partial charge in [-0.2, -0.15) is 0 Å². The van der Waals surface area contributed by atoms with E-state index in [0.29, 0.717) is 130 Å². The number of nitrogens with zero attached hydrogens (tertiary/aromatic N) is 2. The van der Waals surface area contributed by atoms with E-state index < -0.39 is 0 Å². The maximum Gasteiger partial charge on any atom is 0.229 e. The van der Waals surface area contributed by atoms with Gasteiger partial charge in [0.15, 0.2) is 0 Å². The first-order chi connectivity index (χ1) is 24.2. The normalized spacial score (nSPS) is 15.7. The Hall–Kier alpha value is -2.24. The first-order valence-electron chi connectivity index (χ1n) is 18.2. The molecular formula is C35H63N3O12. The molecule has 2 saturated heterocycles. The van der Waals surface area contributed by atoms with E-state index in [9.17, 15) is 19.2 Å². The fourth-order valence-electron chi connectivity index (χ4n) is 5.39. The summed E-state index contributed by atoms with van der Waals surface area (Å²) in [6, 6.07) is 0. The zero-order valence-corrected chi connectivity index (χ0v) is 30.8. The van der Waals surface area contributed by atoms with Gasteiger partial charge in [0.25, 0.3) is 0 Å². The third-order valence-electron chi connectivity index (χ3n) is 8.42. The molecule has 0 aromatic rings. The van der Waals surface area contributed by atoms with Gasteiger partial charge < -0.3 is 48.1 Å². The van der Waals surface area contributed by atoms with Crippen molar-refractivity contribution in [2.24, 2.45) is 11.3 Å². The minimum atomic E-state index is -0.225. The minimum Gasteiger partial charge on any atom is -0.379 e. The number of amides is 4. The first-order valence-corrected chi connectivity index (χ1v) is 18.2. The molecule has 0 radical (unpaired) electrons. The molecule has 50 heavy (non-hydrogen) atoms. The van der Waals surface area contributed by atoms with Gasteiger partial charge in [-0.25, -0.2) is 0 Å². The number of piperidine rings is 1. The van der Waals surface area contributed by atoms with E-state index in [2.05, 4.69) is 26.1 Å². The number of rotatable bonds is 30. The highest BCUT2D eigenvalue weighted by Crippen LogP contribution is 2.34. The number of hydrogen-bond donors (Lipinski definition) is 1. The second kappa shape index (κ2) is 27.4. The van der Waals surface area contributed by atoms with Crippen LogP contribution in [0.4, 0.5) is 0 Å². The van der Waals surface area contributed by atoms with Crippen molar-refractivity contribution in [1.82, 2.24) is 15.1 Å². The minimum absolute atomic E-state index is 0.0925. The largest absolute Gasteiger partial charge is 0.379 e. The van der Waals surface area contributed by atoms with Crippen LogP contribution in [0.3, 0.4) is 0 Å². The van der Waals surface area contributed by atoms with E-state index in [4.69, 9.17) is 37.9 Å². The van der Waals surface area contributed by atoms with Crippen molar-refractivity contribution in [2.45, 2.75) is 59.3 Å². The predicted molar refractivity (Wildman–Crippen MR) is 184 cm³/mol. The number of carbonyl (C=O) groups is 4. The molecule has 0 unspecified atom stereocenters. The Labute approximate surface area is 298 Å². The van der Waals surface area contributed by atoms with Crippen LogP contribution >= 0.6 is 0 Å². The van der Waals surface area contributed by atoms with E-state index in [1.807, 2.05) is 4.90 Å². The molecule has 0 saturated carbocycles. The molecule has 0 bridgehead atoms. The molecule has 2 fully saturated rings. The van der Waals surface area contributed by atoms with Gasteiger partial charge in [0.2, 0.25) is 23.6 Å². The van der Waals surface area contributed by atoms with Gasteiger partial charge >= 0.3 is 0 Å². The molecule has 2 aliphatic rings. The molecule has 0 aliphatic carbocycles. The Kier molecular flexibility index (Phi) is 24.1. The van der Waals surface area contributed by atoms with Crippen molar-refractivity contribution in [3.63, 3.8) is 0 Å². The lowest BCUT2D eigenvalue weighted by Gasteiger charge is -2.38. The van der Waals surface area contributed by atoms with Crippen LogP contribution in [0.5, 0.6) is 0 Å². The summed E-state index contributed by atoms with van der Waals surface area (Å²) < 4.78 is 43.8. The Bertz CT molecular complexity index is 924. The summed E-state index contributed by atoms with van der Waals surface area (Å²) >= 11 is 0. The van der Waals surface area contributed by atoms with Gasteiger partial charge in [0, 0.05) is 45.4 Å². The molecule has 2 heterocycles. The molecule has 1 N–H and O–H groups in total. The molecule has 2 rings (SSSR count). The van der Waals surface area contributed by atoms with Crippen LogP contribution in [0, 0.1) is 11.3 Å². The summed E-state index contributed by atoms with van der Waals surface area (Å²) in [5.41, 5.74) is 0.308. The molecule has 0 spiro atoms. The van der Waals surface area contributed by atoms with Gasteiger partial charge in [0.1, 0.15) is 0 Å². The van der Waals surface area contributed by atoms with Crippen LogP contribution in [0.2, 0.25) is 0 Å². The van der Waals surface area contributed by atoms with E-state index in [1.54, 1.807) is 0 Å². The Morgan fingerprint density at radius 1 is 0.600 bits per heavy atom. The highest BCUT2D eigenvalue weighted by Gasteiger charge is 2.30. The van der Waals surface area contributed by atoms with Gasteiger partial charge in [-0.3, -0.25) is 24.1 Å². The number of carbonyl (C=O) groups excluding carboxylic acids is 4. The van der Waals surface area contributed by atoms with Gasteiger partial charge in [-0.05, 0) is 24.2 Å². The topological polar surface area (TPSA) is 161 Å². The number of likely N-dealkylation sites (tertiary alicyclic amines) is 2. The van der Waals surface area contributed by atoms with Crippen molar-refractivity contribution >= 4 is 23.6 Å². The molecule has 0 aromatic heterocycles. The molecule has 4 amide bonds. The molecule has 0 atom stereocenters. The van der Waals surface area contributed by atoms with Crippen molar-refractivity contribution in [3.05, 3.63) is 0 Å². The van der Waals surface area contributed by atoms with E-state index >= 15 is 0 Å². The Balaban J connectivity index is 1.19. The second-order valence-corrected chi connectivity index (χ2v) is 13.2. The van der Waals surface area contributed by atoms with Crippen molar-refractivity contribution < 1.29 is 57.1 Å². The molecule has 15 heteroatoms. The summed E-state index contributed by atoms with van der Waals surface area (Å²) in [6.07, 6.45) is 3.13. The quantitative estimate of drug-likeness (QED) is 0.0843. The second-order valence-electron chi connectivity index (χ2n) is 13.2. The van der Waals surface area contributed by atoms with E-state index in [0.717, 1.165) is 30.8 Å². The SMILES string of the molecule is CC(C)(C)C1CCN(C(=O)CCOCCOCCOCCOCCOCCOCCOCCOCCNC(=O)CCN2C(=O)CCC2=O)CC1. The summed E-state index contributed by atoms with van der Waals surface area (Å²) in [6.45, 7) is 16.2. The number of nitrogens with one attached hydrogen (secondary N) is 1. The highest BCUT2D eigenvalue weighted by atomic mass is 16.6. The summed E-state index contributed by atoms with van der Waals surface area (Å²) in [5, 5.41) is 2.70. The molecule has 0 aromatic carbocycles. The molecule has 290 valence electrons. The Morgan fingerprint density at radius 2 is 0.980 bits per heavy atom. The first kappa shape index (κ1) is 43.9. The van der Waals surface area contributed by atoms with E-state index in [1.165, 1.54) is 0 Å². The summed E-state index contributed by atoms with van der Waals surface area (Å²) in [4.78, 5) is 50.4. The Morgan fingerprint density at radius 3 is 1.38 bits per heavy atom. The van der Waals surface area contributed by atoms with Crippen LogP contribution in [0.25, 0.3) is 0 Å². The third kappa shape index (κ3) is 21.2. The lowest BCUT2D eigenvalue weighted by molar-refractivity contribution is -0.139. The standard InChI is InChI=1S/C35H63N3O12/c1-35(2,3)30-6-11-37(12-7-30)32(40)9-14-43-16-18-45-20-22-47-24-26-49-28-29-50-27-25-48-23-21-46-19-17-44-15-10-36-31(39)8-13-38-33(41)4-5-34(38)42/h30H,4-29H2,1-3H3,(H,36,39). The zero-order valence-electron chi connectivity index (χ0n) is 30.8. The maximum atomic E-state index is 12.4. The van der Waals surface area contributed by atoms with Crippen LogP contribution in [-0.4, -0.2) is 165 Å². The lowest BCUT2D eigenvalue weighted by atomic mass is 9.75. The molecule has 15 nitrogen and oxygen atoms in total. The van der Waals surface area contributed by atoms with Crippen molar-refractivity contribution in [3.8, 4) is 0 Å². The van der Waals surface area contributed by atoms with Crippen LogP contribution in [0.1, 0.15) is 59.3 Å². The van der Waals surface area contributed by atoms with E-state index in [-0.39, 0.29) is 49.4 Å². The third-order valence-corrected chi connectivity index (χ3v) is 8.42.